The smallest absolute Gasteiger partial charge is 0.219 e. The number of carbonyl (C=O) groups excluding carboxylic acids is 1. The predicted octanol–water partition coefficient (Wildman–Crippen LogP) is 0.559. The molecule has 0 radical (unpaired) electrons. The van der Waals surface area contributed by atoms with Gasteiger partial charge in [0.25, 0.3) is 0 Å². The third-order valence-corrected chi connectivity index (χ3v) is 2.69. The summed E-state index contributed by atoms with van der Waals surface area (Å²) in [5.74, 6) is 0.162. The maximum atomic E-state index is 10.9. The van der Waals surface area contributed by atoms with Crippen molar-refractivity contribution < 1.29 is 4.79 Å². The molecule has 1 saturated heterocycles. The van der Waals surface area contributed by atoms with Gasteiger partial charge in [-0.25, -0.2) is 0 Å². The molecule has 0 saturated carbocycles. The first-order chi connectivity index (χ1) is 5.61. The number of amides is 1. The Morgan fingerprint density at radius 3 is 2.75 bits per heavy atom. The Morgan fingerprint density at radius 2 is 2.33 bits per heavy atom. The molecular formula is C9H18N2O. The molecule has 1 unspecified atom stereocenters. The van der Waals surface area contributed by atoms with Gasteiger partial charge in [0.05, 0.1) is 0 Å². The maximum absolute atomic E-state index is 10.9. The van der Waals surface area contributed by atoms with Gasteiger partial charge in [-0.3, -0.25) is 4.79 Å². The fourth-order valence-corrected chi connectivity index (χ4v) is 1.65. The Bertz CT molecular complexity index is 170. The van der Waals surface area contributed by atoms with Gasteiger partial charge in [-0.1, -0.05) is 0 Å². The highest BCUT2D eigenvalue weighted by atomic mass is 16.2. The number of likely N-dealkylation sites (tertiary alicyclic amines) is 1. The summed E-state index contributed by atoms with van der Waals surface area (Å²) in [7, 11) is 4.00. The SMILES string of the molecule is CC(=O)N(C)CC1CCCN1C. The zero-order valence-corrected chi connectivity index (χ0v) is 8.21. The molecule has 0 spiro atoms. The van der Waals surface area contributed by atoms with Crippen molar-refractivity contribution in [2.75, 3.05) is 27.2 Å². The second-order valence-electron chi connectivity index (χ2n) is 3.68. The van der Waals surface area contributed by atoms with Crippen molar-refractivity contribution >= 4 is 5.91 Å². The monoisotopic (exact) mass is 170 g/mol. The lowest BCUT2D eigenvalue weighted by molar-refractivity contribution is -0.128. The van der Waals surface area contributed by atoms with Gasteiger partial charge >= 0.3 is 0 Å². The second kappa shape index (κ2) is 3.90. The van der Waals surface area contributed by atoms with E-state index in [4.69, 9.17) is 0 Å². The minimum Gasteiger partial charge on any atom is -0.344 e. The average molecular weight is 170 g/mol. The van der Waals surface area contributed by atoms with Crippen LogP contribution in [0.5, 0.6) is 0 Å². The highest BCUT2D eigenvalue weighted by molar-refractivity contribution is 5.72. The van der Waals surface area contributed by atoms with E-state index in [1.54, 1.807) is 11.8 Å². The van der Waals surface area contributed by atoms with Gasteiger partial charge in [-0.15, -0.1) is 0 Å². The summed E-state index contributed by atoms with van der Waals surface area (Å²) in [5.41, 5.74) is 0. The Hall–Kier alpha value is -0.570. The van der Waals surface area contributed by atoms with Crippen LogP contribution >= 0.6 is 0 Å². The van der Waals surface area contributed by atoms with Crippen LogP contribution in [-0.4, -0.2) is 48.9 Å². The summed E-state index contributed by atoms with van der Waals surface area (Å²) < 4.78 is 0. The largest absolute Gasteiger partial charge is 0.344 e. The van der Waals surface area contributed by atoms with Crippen LogP contribution in [0.3, 0.4) is 0 Å². The number of nitrogens with zero attached hydrogens (tertiary/aromatic N) is 2. The molecule has 1 aliphatic rings. The third kappa shape index (κ3) is 2.21. The minimum atomic E-state index is 0.162. The molecule has 0 aliphatic carbocycles. The molecule has 1 rings (SSSR count). The first-order valence-electron chi connectivity index (χ1n) is 4.53. The van der Waals surface area contributed by atoms with E-state index >= 15 is 0 Å². The molecule has 1 heterocycles. The lowest BCUT2D eigenvalue weighted by atomic mass is 10.2. The molecule has 12 heavy (non-hydrogen) atoms. The van der Waals surface area contributed by atoms with Crippen LogP contribution in [0.4, 0.5) is 0 Å². The number of likely N-dealkylation sites (N-methyl/N-ethyl adjacent to an activating group) is 2. The molecule has 0 N–H and O–H groups in total. The first-order valence-corrected chi connectivity index (χ1v) is 4.53. The fourth-order valence-electron chi connectivity index (χ4n) is 1.65. The Balaban J connectivity index is 2.35. The minimum absolute atomic E-state index is 0.162. The Kier molecular flexibility index (Phi) is 3.09. The summed E-state index contributed by atoms with van der Waals surface area (Å²) in [5, 5.41) is 0. The van der Waals surface area contributed by atoms with Gasteiger partial charge < -0.3 is 9.80 Å². The molecule has 0 aromatic carbocycles. The zero-order valence-electron chi connectivity index (χ0n) is 8.21. The quantitative estimate of drug-likeness (QED) is 0.604. The maximum Gasteiger partial charge on any atom is 0.219 e. The van der Waals surface area contributed by atoms with Gasteiger partial charge in [0.1, 0.15) is 0 Å². The van der Waals surface area contributed by atoms with Crippen molar-refractivity contribution in [2.45, 2.75) is 25.8 Å². The molecule has 0 aromatic heterocycles. The van der Waals surface area contributed by atoms with Crippen LogP contribution in [0.1, 0.15) is 19.8 Å². The van der Waals surface area contributed by atoms with Crippen molar-refractivity contribution in [3.8, 4) is 0 Å². The summed E-state index contributed by atoms with van der Waals surface area (Å²) in [4.78, 5) is 15.1. The van der Waals surface area contributed by atoms with Gasteiger partial charge in [0, 0.05) is 26.6 Å². The van der Waals surface area contributed by atoms with Gasteiger partial charge in [0.2, 0.25) is 5.91 Å². The average Bonchev–Trinajstić information content (AvgIpc) is 2.36. The van der Waals surface area contributed by atoms with Gasteiger partial charge in [0.15, 0.2) is 0 Å². The molecule has 1 amide bonds. The van der Waals surface area contributed by atoms with E-state index in [2.05, 4.69) is 11.9 Å². The van der Waals surface area contributed by atoms with Crippen LogP contribution in [0.15, 0.2) is 0 Å². The molecule has 0 bridgehead atoms. The van der Waals surface area contributed by atoms with Crippen molar-refractivity contribution in [1.29, 1.82) is 0 Å². The van der Waals surface area contributed by atoms with E-state index < -0.39 is 0 Å². The number of hydrogen-bond acceptors (Lipinski definition) is 2. The number of rotatable bonds is 2. The van der Waals surface area contributed by atoms with E-state index in [1.807, 2.05) is 7.05 Å². The van der Waals surface area contributed by atoms with Gasteiger partial charge in [-0.2, -0.15) is 0 Å². The van der Waals surface area contributed by atoms with Crippen LogP contribution in [-0.2, 0) is 4.79 Å². The third-order valence-electron chi connectivity index (χ3n) is 2.69. The van der Waals surface area contributed by atoms with Crippen molar-refractivity contribution in [3.05, 3.63) is 0 Å². The molecule has 1 atom stereocenters. The Labute approximate surface area is 74.3 Å². The van der Waals surface area contributed by atoms with Crippen LogP contribution in [0.25, 0.3) is 0 Å². The lowest BCUT2D eigenvalue weighted by Gasteiger charge is -2.24. The molecular weight excluding hydrogens is 152 g/mol. The molecule has 70 valence electrons. The topological polar surface area (TPSA) is 23.6 Å². The van der Waals surface area contributed by atoms with Crippen LogP contribution in [0, 0.1) is 0 Å². The molecule has 3 nitrogen and oxygen atoms in total. The molecule has 1 aliphatic heterocycles. The summed E-state index contributed by atoms with van der Waals surface area (Å²) in [6.45, 7) is 3.68. The predicted molar refractivity (Wildman–Crippen MR) is 49.0 cm³/mol. The highest BCUT2D eigenvalue weighted by Gasteiger charge is 2.22. The Morgan fingerprint density at radius 1 is 1.67 bits per heavy atom. The molecule has 1 fully saturated rings. The molecule has 0 aromatic rings. The number of carbonyl (C=O) groups is 1. The summed E-state index contributed by atoms with van der Waals surface area (Å²) in [6, 6.07) is 0.582. The zero-order chi connectivity index (χ0) is 9.14. The lowest BCUT2D eigenvalue weighted by Crippen LogP contribution is -2.38. The summed E-state index contributed by atoms with van der Waals surface area (Å²) >= 11 is 0. The van der Waals surface area contributed by atoms with Crippen molar-refractivity contribution in [2.24, 2.45) is 0 Å². The van der Waals surface area contributed by atoms with E-state index in [0.29, 0.717) is 6.04 Å². The first kappa shape index (κ1) is 9.52. The van der Waals surface area contributed by atoms with Crippen LogP contribution < -0.4 is 0 Å². The highest BCUT2D eigenvalue weighted by Crippen LogP contribution is 2.15. The van der Waals surface area contributed by atoms with E-state index in [0.717, 1.165) is 6.54 Å². The molecule has 3 heteroatoms. The van der Waals surface area contributed by atoms with E-state index in [-0.39, 0.29) is 5.91 Å². The van der Waals surface area contributed by atoms with E-state index in [1.165, 1.54) is 19.4 Å². The normalized spacial score (nSPS) is 24.4. The fraction of sp³-hybridized carbons (Fsp3) is 0.889. The number of hydrogen-bond donors (Lipinski definition) is 0. The van der Waals surface area contributed by atoms with Gasteiger partial charge in [-0.05, 0) is 26.4 Å². The second-order valence-corrected chi connectivity index (χ2v) is 3.68. The summed E-state index contributed by atoms with van der Waals surface area (Å²) in [6.07, 6.45) is 2.50. The van der Waals surface area contributed by atoms with Crippen molar-refractivity contribution in [3.63, 3.8) is 0 Å². The van der Waals surface area contributed by atoms with Crippen LogP contribution in [0.2, 0.25) is 0 Å². The van der Waals surface area contributed by atoms with E-state index in [9.17, 15) is 4.79 Å². The standard InChI is InChI=1S/C9H18N2O/c1-8(12)11(3)7-9-5-4-6-10(9)2/h9H,4-7H2,1-3H3. The van der Waals surface area contributed by atoms with Crippen molar-refractivity contribution in [1.82, 2.24) is 9.80 Å².